The molecule has 0 saturated carbocycles. The zero-order valence-electron chi connectivity index (χ0n) is 9.42. The van der Waals surface area contributed by atoms with Crippen molar-refractivity contribution in [3.05, 3.63) is 51.7 Å². The fourth-order valence-corrected chi connectivity index (χ4v) is 1.76. The Labute approximate surface area is 108 Å². The van der Waals surface area contributed by atoms with Gasteiger partial charge in [-0.15, -0.1) is 0 Å². The molecule has 6 heteroatoms. The van der Waals surface area contributed by atoms with E-state index in [2.05, 4.69) is 4.98 Å². The largest absolute Gasteiger partial charge is 0.495 e. The minimum Gasteiger partial charge on any atom is -0.495 e. The standard InChI is InChI=1S/C12H8ClN3O2/c1-18-11-3-5-16(12(17)8(11)6-14)10-2-4-15-7-9(10)13/h2-5,7H,1H3. The number of nitrogens with zero attached hydrogens (tertiary/aromatic N) is 3. The van der Waals surface area contributed by atoms with E-state index in [9.17, 15) is 4.79 Å². The molecule has 2 aromatic rings. The maximum Gasteiger partial charge on any atom is 0.276 e. The first-order chi connectivity index (χ1) is 8.69. The molecule has 0 unspecified atom stereocenters. The van der Waals surface area contributed by atoms with Crippen molar-refractivity contribution < 1.29 is 4.74 Å². The summed E-state index contributed by atoms with van der Waals surface area (Å²) in [5.41, 5.74) is -0.0753. The van der Waals surface area contributed by atoms with Crippen LogP contribution < -0.4 is 10.3 Å². The van der Waals surface area contributed by atoms with Gasteiger partial charge in [0.25, 0.3) is 5.56 Å². The second-order valence-electron chi connectivity index (χ2n) is 3.37. The molecule has 2 rings (SSSR count). The van der Waals surface area contributed by atoms with Crippen LogP contribution in [-0.4, -0.2) is 16.7 Å². The molecule has 2 heterocycles. The average molecular weight is 262 g/mol. The number of rotatable bonds is 2. The Morgan fingerprint density at radius 2 is 2.28 bits per heavy atom. The molecule has 0 radical (unpaired) electrons. The Morgan fingerprint density at radius 1 is 1.50 bits per heavy atom. The van der Waals surface area contributed by atoms with Crippen LogP contribution in [0.4, 0.5) is 0 Å². The molecule has 0 saturated heterocycles. The van der Waals surface area contributed by atoms with E-state index < -0.39 is 5.56 Å². The Hall–Kier alpha value is -2.32. The second-order valence-corrected chi connectivity index (χ2v) is 3.78. The third-order valence-corrected chi connectivity index (χ3v) is 2.69. The fourth-order valence-electron chi connectivity index (χ4n) is 1.55. The molecule has 0 aliphatic rings. The van der Waals surface area contributed by atoms with E-state index in [4.69, 9.17) is 21.6 Å². The lowest BCUT2D eigenvalue weighted by molar-refractivity contribution is 0.411. The summed E-state index contributed by atoms with van der Waals surface area (Å²) in [6.07, 6.45) is 4.45. The molecule has 0 bridgehead atoms. The summed E-state index contributed by atoms with van der Waals surface area (Å²) in [5, 5.41) is 9.31. The van der Waals surface area contributed by atoms with Gasteiger partial charge in [0.2, 0.25) is 0 Å². The molecule has 2 aromatic heterocycles. The van der Waals surface area contributed by atoms with Gasteiger partial charge in [-0.1, -0.05) is 11.6 Å². The summed E-state index contributed by atoms with van der Waals surface area (Å²) in [6.45, 7) is 0. The summed E-state index contributed by atoms with van der Waals surface area (Å²) >= 11 is 5.96. The van der Waals surface area contributed by atoms with Gasteiger partial charge in [0, 0.05) is 18.6 Å². The number of nitriles is 1. The zero-order chi connectivity index (χ0) is 13.1. The summed E-state index contributed by atoms with van der Waals surface area (Å²) < 4.78 is 6.24. The van der Waals surface area contributed by atoms with Crippen LogP contribution in [0.25, 0.3) is 5.69 Å². The summed E-state index contributed by atoms with van der Waals surface area (Å²) in [7, 11) is 1.40. The van der Waals surface area contributed by atoms with E-state index in [0.29, 0.717) is 10.7 Å². The van der Waals surface area contributed by atoms with E-state index in [-0.39, 0.29) is 11.3 Å². The molecule has 0 amide bonds. The van der Waals surface area contributed by atoms with Gasteiger partial charge in [0.1, 0.15) is 11.8 Å². The highest BCUT2D eigenvalue weighted by Crippen LogP contribution is 2.19. The quantitative estimate of drug-likeness (QED) is 0.826. The minimum absolute atomic E-state index is 0.0621. The lowest BCUT2D eigenvalue weighted by Gasteiger charge is -2.09. The van der Waals surface area contributed by atoms with Crippen LogP contribution >= 0.6 is 11.6 Å². The molecule has 0 spiro atoms. The first kappa shape index (κ1) is 12.1. The molecule has 0 atom stereocenters. The zero-order valence-corrected chi connectivity index (χ0v) is 10.2. The summed E-state index contributed by atoms with van der Waals surface area (Å²) in [6, 6.07) is 4.96. The Bertz CT molecular complexity index is 688. The normalized spacial score (nSPS) is 9.83. The van der Waals surface area contributed by atoms with E-state index in [1.807, 2.05) is 6.07 Å². The lowest BCUT2D eigenvalue weighted by atomic mass is 10.2. The van der Waals surface area contributed by atoms with Crippen molar-refractivity contribution >= 4 is 11.6 Å². The number of pyridine rings is 2. The van der Waals surface area contributed by atoms with Gasteiger partial charge in [0.15, 0.2) is 5.56 Å². The third-order valence-electron chi connectivity index (χ3n) is 2.40. The number of hydrogen-bond acceptors (Lipinski definition) is 4. The highest BCUT2D eigenvalue weighted by molar-refractivity contribution is 6.32. The number of ether oxygens (including phenoxy) is 1. The van der Waals surface area contributed by atoms with Crippen molar-refractivity contribution in [2.24, 2.45) is 0 Å². The predicted molar refractivity (Wildman–Crippen MR) is 66.1 cm³/mol. The number of hydrogen-bond donors (Lipinski definition) is 0. The third kappa shape index (κ3) is 1.94. The van der Waals surface area contributed by atoms with Crippen LogP contribution in [0.3, 0.4) is 0 Å². The van der Waals surface area contributed by atoms with Crippen LogP contribution in [0.2, 0.25) is 5.02 Å². The SMILES string of the molecule is COc1ccn(-c2ccncc2Cl)c(=O)c1C#N. The molecule has 0 fully saturated rings. The first-order valence-corrected chi connectivity index (χ1v) is 5.36. The summed E-state index contributed by atoms with van der Waals surface area (Å²) in [4.78, 5) is 16.0. The van der Waals surface area contributed by atoms with Gasteiger partial charge in [-0.3, -0.25) is 14.3 Å². The van der Waals surface area contributed by atoms with Gasteiger partial charge < -0.3 is 4.74 Å². The van der Waals surface area contributed by atoms with Crippen LogP contribution in [0.5, 0.6) is 5.75 Å². The Balaban J connectivity index is 2.73. The van der Waals surface area contributed by atoms with Crippen LogP contribution in [-0.2, 0) is 0 Å². The van der Waals surface area contributed by atoms with E-state index in [0.717, 1.165) is 0 Å². The van der Waals surface area contributed by atoms with Crippen molar-refractivity contribution in [2.75, 3.05) is 7.11 Å². The van der Waals surface area contributed by atoms with Gasteiger partial charge in [-0.2, -0.15) is 5.26 Å². The van der Waals surface area contributed by atoms with Crippen LogP contribution in [0, 0.1) is 11.3 Å². The molecule has 0 N–H and O–H groups in total. The highest BCUT2D eigenvalue weighted by Gasteiger charge is 2.12. The van der Waals surface area contributed by atoms with Crippen molar-refractivity contribution in [3.8, 4) is 17.5 Å². The maximum absolute atomic E-state index is 12.1. The van der Waals surface area contributed by atoms with Crippen LogP contribution in [0.15, 0.2) is 35.5 Å². The van der Waals surface area contributed by atoms with E-state index in [1.54, 1.807) is 6.07 Å². The van der Waals surface area contributed by atoms with Gasteiger partial charge >= 0.3 is 0 Å². The molecule has 18 heavy (non-hydrogen) atoms. The van der Waals surface area contributed by atoms with Crippen molar-refractivity contribution in [2.45, 2.75) is 0 Å². The molecular formula is C12H8ClN3O2. The maximum atomic E-state index is 12.1. The van der Waals surface area contributed by atoms with Crippen LogP contribution in [0.1, 0.15) is 5.56 Å². The fraction of sp³-hybridized carbons (Fsp3) is 0.0833. The molecular weight excluding hydrogens is 254 g/mol. The molecule has 0 aliphatic carbocycles. The second kappa shape index (κ2) is 4.90. The topological polar surface area (TPSA) is 67.9 Å². The summed E-state index contributed by atoms with van der Waals surface area (Å²) in [5.74, 6) is 0.240. The van der Waals surface area contributed by atoms with Crippen molar-refractivity contribution in [1.29, 1.82) is 5.26 Å². The molecule has 0 aromatic carbocycles. The Kier molecular flexibility index (Phi) is 3.31. The Morgan fingerprint density at radius 3 is 2.89 bits per heavy atom. The molecule has 0 aliphatic heterocycles. The predicted octanol–water partition coefficient (Wildman–Crippen LogP) is 1.77. The minimum atomic E-state index is -0.482. The van der Waals surface area contributed by atoms with Crippen molar-refractivity contribution in [1.82, 2.24) is 9.55 Å². The smallest absolute Gasteiger partial charge is 0.276 e. The monoisotopic (exact) mass is 261 g/mol. The van der Waals surface area contributed by atoms with E-state index >= 15 is 0 Å². The number of methoxy groups -OCH3 is 1. The molecule has 5 nitrogen and oxygen atoms in total. The number of halogens is 1. The average Bonchev–Trinajstić information content (AvgIpc) is 2.39. The van der Waals surface area contributed by atoms with Gasteiger partial charge in [0.05, 0.1) is 17.8 Å². The first-order valence-electron chi connectivity index (χ1n) is 4.98. The van der Waals surface area contributed by atoms with E-state index in [1.165, 1.54) is 36.3 Å². The number of aromatic nitrogens is 2. The lowest BCUT2D eigenvalue weighted by Crippen LogP contribution is -2.21. The highest BCUT2D eigenvalue weighted by atomic mass is 35.5. The molecule has 90 valence electrons. The van der Waals surface area contributed by atoms with Crippen molar-refractivity contribution in [3.63, 3.8) is 0 Å². The van der Waals surface area contributed by atoms with Gasteiger partial charge in [-0.05, 0) is 12.1 Å². The van der Waals surface area contributed by atoms with Gasteiger partial charge in [-0.25, -0.2) is 0 Å².